The predicted molar refractivity (Wildman–Crippen MR) is 100 cm³/mol. The minimum absolute atomic E-state index is 0.0165. The molecule has 1 aliphatic heterocycles. The standard InChI is InChI=1S/C20H19F3N4O2/c1-10-6-15(18-11(2)5-12(7-16(18)28)20(21,22)23)25-19-14(10)9-27(26-19)13-3-4-17(29)24-8-13/h5-7,9,13,28H,3-4,8H2,1-2H3,(H,24,29)/t13-/m1/s1. The maximum absolute atomic E-state index is 13.0. The van der Waals surface area contributed by atoms with Gasteiger partial charge < -0.3 is 10.4 Å². The van der Waals surface area contributed by atoms with Crippen molar-refractivity contribution >= 4 is 16.9 Å². The van der Waals surface area contributed by atoms with Gasteiger partial charge in [-0.2, -0.15) is 18.3 Å². The van der Waals surface area contributed by atoms with Crippen molar-refractivity contribution in [1.29, 1.82) is 0 Å². The summed E-state index contributed by atoms with van der Waals surface area (Å²) < 4.78 is 40.7. The summed E-state index contributed by atoms with van der Waals surface area (Å²) in [4.78, 5) is 15.9. The van der Waals surface area contributed by atoms with Gasteiger partial charge in [0.2, 0.25) is 5.91 Å². The van der Waals surface area contributed by atoms with E-state index in [1.807, 2.05) is 13.1 Å². The molecular formula is C20H19F3N4O2. The molecule has 1 aliphatic rings. The van der Waals surface area contributed by atoms with Crippen LogP contribution in [0.3, 0.4) is 0 Å². The number of phenols is 1. The number of phenolic OH excluding ortho intramolecular Hbond substituents is 1. The van der Waals surface area contributed by atoms with E-state index in [-0.39, 0.29) is 23.1 Å². The van der Waals surface area contributed by atoms with Crippen LogP contribution in [-0.4, -0.2) is 32.3 Å². The third-order valence-electron chi connectivity index (χ3n) is 5.23. The summed E-state index contributed by atoms with van der Waals surface area (Å²) in [6.07, 6.45) is -1.58. The number of aryl methyl sites for hydroxylation is 2. The Morgan fingerprint density at radius 1 is 1.21 bits per heavy atom. The molecule has 29 heavy (non-hydrogen) atoms. The Kier molecular flexibility index (Phi) is 4.48. The van der Waals surface area contributed by atoms with Crippen LogP contribution in [0.1, 0.15) is 35.6 Å². The molecule has 1 atom stereocenters. The topological polar surface area (TPSA) is 80.0 Å². The average Bonchev–Trinajstić information content (AvgIpc) is 3.06. The van der Waals surface area contributed by atoms with Crippen LogP contribution in [0.2, 0.25) is 0 Å². The molecular weight excluding hydrogens is 385 g/mol. The molecule has 0 unspecified atom stereocenters. The summed E-state index contributed by atoms with van der Waals surface area (Å²) in [5.41, 5.74) is 1.27. The van der Waals surface area contributed by atoms with E-state index >= 15 is 0 Å². The van der Waals surface area contributed by atoms with Gasteiger partial charge in [0, 0.05) is 30.1 Å². The van der Waals surface area contributed by atoms with Gasteiger partial charge in [0.1, 0.15) is 5.75 Å². The van der Waals surface area contributed by atoms with E-state index in [2.05, 4.69) is 15.4 Å². The maximum Gasteiger partial charge on any atom is 0.416 e. The summed E-state index contributed by atoms with van der Waals surface area (Å²) >= 11 is 0. The van der Waals surface area contributed by atoms with Crippen LogP contribution in [0.4, 0.5) is 13.2 Å². The van der Waals surface area contributed by atoms with Gasteiger partial charge in [0.25, 0.3) is 0 Å². The molecule has 9 heteroatoms. The molecule has 0 spiro atoms. The summed E-state index contributed by atoms with van der Waals surface area (Å²) in [6, 6.07) is 3.46. The van der Waals surface area contributed by atoms with Crippen molar-refractivity contribution in [2.45, 2.75) is 38.9 Å². The first-order valence-electron chi connectivity index (χ1n) is 9.18. The predicted octanol–water partition coefficient (Wildman–Crippen LogP) is 3.89. The normalized spacial score (nSPS) is 17.6. The lowest BCUT2D eigenvalue weighted by molar-refractivity contribution is -0.137. The van der Waals surface area contributed by atoms with E-state index in [0.717, 1.165) is 17.0 Å². The number of hydrogen-bond acceptors (Lipinski definition) is 4. The van der Waals surface area contributed by atoms with Gasteiger partial charge in [-0.25, -0.2) is 4.98 Å². The zero-order chi connectivity index (χ0) is 20.9. The number of nitrogens with zero attached hydrogens (tertiary/aromatic N) is 3. The van der Waals surface area contributed by atoms with Gasteiger partial charge >= 0.3 is 6.18 Å². The molecule has 0 radical (unpaired) electrons. The first kappa shape index (κ1) is 19.2. The number of rotatable bonds is 2. The summed E-state index contributed by atoms with van der Waals surface area (Å²) in [6.45, 7) is 3.85. The highest BCUT2D eigenvalue weighted by molar-refractivity contribution is 5.83. The third-order valence-corrected chi connectivity index (χ3v) is 5.23. The minimum Gasteiger partial charge on any atom is -0.507 e. The Morgan fingerprint density at radius 3 is 2.59 bits per heavy atom. The fraction of sp³-hybridized carbons (Fsp3) is 0.350. The highest BCUT2D eigenvalue weighted by Crippen LogP contribution is 2.39. The number of fused-ring (bicyclic) bond motifs is 1. The van der Waals surface area contributed by atoms with Crippen LogP contribution in [-0.2, 0) is 11.0 Å². The van der Waals surface area contributed by atoms with Gasteiger partial charge in [0.15, 0.2) is 5.65 Å². The molecule has 3 heterocycles. The van der Waals surface area contributed by atoms with Crippen molar-refractivity contribution < 1.29 is 23.1 Å². The van der Waals surface area contributed by atoms with Crippen molar-refractivity contribution in [3.63, 3.8) is 0 Å². The largest absolute Gasteiger partial charge is 0.507 e. The molecule has 4 rings (SSSR count). The van der Waals surface area contributed by atoms with Crippen LogP contribution in [0.25, 0.3) is 22.3 Å². The second-order valence-electron chi connectivity index (χ2n) is 7.35. The molecule has 2 aromatic heterocycles. The number of aromatic nitrogens is 3. The van der Waals surface area contributed by atoms with Gasteiger partial charge in [-0.05, 0) is 49.6 Å². The summed E-state index contributed by atoms with van der Waals surface area (Å²) in [5, 5.41) is 18.4. The lowest BCUT2D eigenvalue weighted by atomic mass is 9.99. The van der Waals surface area contributed by atoms with Crippen LogP contribution >= 0.6 is 0 Å². The van der Waals surface area contributed by atoms with E-state index in [0.29, 0.717) is 36.8 Å². The first-order chi connectivity index (χ1) is 13.6. The highest BCUT2D eigenvalue weighted by Gasteiger charge is 2.32. The fourth-order valence-electron chi connectivity index (χ4n) is 3.70. The Morgan fingerprint density at radius 2 is 1.97 bits per heavy atom. The van der Waals surface area contributed by atoms with Crippen LogP contribution in [0.15, 0.2) is 24.4 Å². The zero-order valence-electron chi connectivity index (χ0n) is 15.8. The molecule has 0 saturated carbocycles. The number of nitrogens with one attached hydrogen (secondary N) is 1. The molecule has 1 amide bonds. The summed E-state index contributed by atoms with van der Waals surface area (Å²) in [7, 11) is 0. The van der Waals surface area contributed by atoms with E-state index in [9.17, 15) is 23.1 Å². The van der Waals surface area contributed by atoms with Gasteiger partial charge in [-0.3, -0.25) is 9.48 Å². The van der Waals surface area contributed by atoms with E-state index in [1.165, 1.54) is 6.92 Å². The number of pyridine rings is 1. The monoisotopic (exact) mass is 404 g/mol. The third kappa shape index (κ3) is 3.52. The lowest BCUT2D eigenvalue weighted by Gasteiger charge is -2.22. The quantitative estimate of drug-likeness (QED) is 0.679. The first-order valence-corrected chi connectivity index (χ1v) is 9.18. The van der Waals surface area contributed by atoms with Gasteiger partial charge in [-0.15, -0.1) is 0 Å². The number of hydrogen-bond donors (Lipinski definition) is 2. The molecule has 1 saturated heterocycles. The molecule has 1 fully saturated rings. The van der Waals surface area contributed by atoms with Crippen molar-refractivity contribution in [2.24, 2.45) is 0 Å². The number of halogens is 3. The average molecular weight is 404 g/mol. The molecule has 0 aliphatic carbocycles. The smallest absolute Gasteiger partial charge is 0.416 e. The minimum atomic E-state index is -4.54. The van der Waals surface area contributed by atoms with Gasteiger partial charge in [-0.1, -0.05) is 0 Å². The number of piperidine rings is 1. The number of aromatic hydroxyl groups is 1. The van der Waals surface area contributed by atoms with Crippen molar-refractivity contribution in [1.82, 2.24) is 20.1 Å². The van der Waals surface area contributed by atoms with Crippen molar-refractivity contribution in [3.05, 3.63) is 41.1 Å². The molecule has 0 bridgehead atoms. The van der Waals surface area contributed by atoms with E-state index in [1.54, 1.807) is 10.7 Å². The lowest BCUT2D eigenvalue weighted by Crippen LogP contribution is -2.36. The Labute approximate surface area is 164 Å². The fourth-order valence-corrected chi connectivity index (χ4v) is 3.70. The SMILES string of the molecule is Cc1cc(C(F)(F)F)cc(O)c1-c1cc(C)c2cn([C@@H]3CCC(=O)NC3)nc2n1. The summed E-state index contributed by atoms with van der Waals surface area (Å²) in [5.74, 6) is -0.458. The molecule has 152 valence electrons. The second kappa shape index (κ2) is 6.75. The van der Waals surface area contributed by atoms with Crippen LogP contribution in [0, 0.1) is 13.8 Å². The molecule has 2 N–H and O–H groups in total. The molecule has 1 aromatic carbocycles. The van der Waals surface area contributed by atoms with Crippen LogP contribution in [0.5, 0.6) is 5.75 Å². The Balaban J connectivity index is 1.77. The van der Waals surface area contributed by atoms with Crippen molar-refractivity contribution in [2.75, 3.05) is 6.54 Å². The highest BCUT2D eigenvalue weighted by atomic mass is 19.4. The number of benzene rings is 1. The Hall–Kier alpha value is -3.10. The van der Waals surface area contributed by atoms with E-state index in [4.69, 9.17) is 0 Å². The number of alkyl halides is 3. The second-order valence-corrected chi connectivity index (χ2v) is 7.35. The van der Waals surface area contributed by atoms with E-state index < -0.39 is 17.5 Å². The maximum atomic E-state index is 13.0. The number of carbonyl (C=O) groups excluding carboxylic acids is 1. The number of carbonyl (C=O) groups is 1. The van der Waals surface area contributed by atoms with Crippen molar-refractivity contribution in [3.8, 4) is 17.0 Å². The molecule has 3 aromatic rings. The zero-order valence-corrected chi connectivity index (χ0v) is 15.8. The Bertz CT molecular complexity index is 1090. The van der Waals surface area contributed by atoms with Gasteiger partial charge in [0.05, 0.1) is 17.3 Å². The van der Waals surface area contributed by atoms with Crippen LogP contribution < -0.4 is 5.32 Å². The number of amides is 1. The molecule has 6 nitrogen and oxygen atoms in total.